The average molecular weight is 336 g/mol. The van der Waals surface area contributed by atoms with Gasteiger partial charge in [0.1, 0.15) is 0 Å². The van der Waals surface area contributed by atoms with Crippen LogP contribution in [0.3, 0.4) is 0 Å². The molecule has 3 nitrogen and oxygen atoms in total. The molecule has 0 amide bonds. The summed E-state index contributed by atoms with van der Waals surface area (Å²) in [5.41, 5.74) is 3.97. The number of carbonyl (C=O) groups excluding carboxylic acids is 1. The van der Waals surface area contributed by atoms with Crippen molar-refractivity contribution in [1.29, 1.82) is 0 Å². The van der Waals surface area contributed by atoms with Crippen LogP contribution in [0.1, 0.15) is 41.9 Å². The van der Waals surface area contributed by atoms with E-state index in [1.54, 1.807) is 11.3 Å². The van der Waals surface area contributed by atoms with Gasteiger partial charge < -0.3 is 0 Å². The number of thiophene rings is 1. The fourth-order valence-corrected chi connectivity index (χ4v) is 4.28. The number of nitrogens with zero attached hydrogens (tertiary/aromatic N) is 2. The van der Waals surface area contributed by atoms with Crippen molar-refractivity contribution in [2.24, 2.45) is 5.41 Å². The molecule has 0 saturated carbocycles. The van der Waals surface area contributed by atoms with Gasteiger partial charge in [0.15, 0.2) is 5.78 Å². The number of rotatable bonds is 3. The molecule has 0 N–H and O–H groups in total. The number of hydrogen-bond donors (Lipinski definition) is 0. The van der Waals surface area contributed by atoms with Crippen molar-refractivity contribution >= 4 is 17.1 Å². The summed E-state index contributed by atoms with van der Waals surface area (Å²) in [6.07, 6.45) is 1.45. The Labute approximate surface area is 146 Å². The molecule has 4 rings (SSSR count). The highest BCUT2D eigenvalue weighted by molar-refractivity contribution is 7.13. The van der Waals surface area contributed by atoms with Crippen LogP contribution in [0.4, 0.5) is 0 Å². The number of Topliss-reactive ketones (excluding diaryl/α,β-unsaturated/α-hetero) is 1. The van der Waals surface area contributed by atoms with Gasteiger partial charge in [0.25, 0.3) is 0 Å². The number of ketones is 1. The van der Waals surface area contributed by atoms with Gasteiger partial charge in [-0.1, -0.05) is 50.2 Å². The van der Waals surface area contributed by atoms with Crippen molar-refractivity contribution in [2.45, 2.75) is 33.2 Å². The van der Waals surface area contributed by atoms with Crippen LogP contribution in [0.15, 0.2) is 47.8 Å². The zero-order valence-corrected chi connectivity index (χ0v) is 14.8. The highest BCUT2D eigenvalue weighted by Crippen LogP contribution is 2.40. The first-order valence-electron chi connectivity index (χ1n) is 8.24. The molecule has 0 unspecified atom stereocenters. The number of benzene rings is 1. The monoisotopic (exact) mass is 336 g/mol. The van der Waals surface area contributed by atoms with Crippen molar-refractivity contribution in [2.75, 3.05) is 0 Å². The molecule has 3 aromatic rings. The Morgan fingerprint density at radius 2 is 1.92 bits per heavy atom. The summed E-state index contributed by atoms with van der Waals surface area (Å²) in [5, 5.41) is 6.90. The quantitative estimate of drug-likeness (QED) is 0.687. The summed E-state index contributed by atoms with van der Waals surface area (Å²) >= 11 is 1.67. The van der Waals surface area contributed by atoms with Crippen LogP contribution in [0.25, 0.3) is 10.6 Å². The molecule has 2 heterocycles. The van der Waals surface area contributed by atoms with Crippen molar-refractivity contribution in [3.63, 3.8) is 0 Å². The van der Waals surface area contributed by atoms with Crippen LogP contribution < -0.4 is 0 Å². The molecule has 0 spiro atoms. The first-order chi connectivity index (χ1) is 11.5. The van der Waals surface area contributed by atoms with E-state index in [4.69, 9.17) is 5.10 Å². The molecule has 122 valence electrons. The SMILES string of the molecule is CC1(C)CC(=O)c2c(nn(Cc3ccccc3)c2-c2cccs2)C1. The van der Waals surface area contributed by atoms with E-state index in [-0.39, 0.29) is 11.2 Å². The Bertz CT molecular complexity index is 876. The second-order valence-electron chi connectivity index (χ2n) is 7.23. The molecule has 24 heavy (non-hydrogen) atoms. The minimum Gasteiger partial charge on any atom is -0.294 e. The lowest BCUT2D eigenvalue weighted by Gasteiger charge is -2.27. The van der Waals surface area contributed by atoms with Crippen molar-refractivity contribution < 1.29 is 4.79 Å². The van der Waals surface area contributed by atoms with E-state index in [0.29, 0.717) is 13.0 Å². The zero-order valence-electron chi connectivity index (χ0n) is 14.0. The first-order valence-corrected chi connectivity index (χ1v) is 9.12. The Balaban J connectivity index is 1.86. The summed E-state index contributed by atoms with van der Waals surface area (Å²) in [5.74, 6) is 0.226. The summed E-state index contributed by atoms with van der Waals surface area (Å²) in [7, 11) is 0. The third-order valence-corrected chi connectivity index (χ3v) is 5.40. The fraction of sp³-hybridized carbons (Fsp3) is 0.300. The molecule has 0 aliphatic heterocycles. The van der Waals surface area contributed by atoms with Gasteiger partial charge in [-0.3, -0.25) is 9.48 Å². The van der Waals surface area contributed by atoms with Crippen LogP contribution in [0.2, 0.25) is 0 Å². The third-order valence-electron chi connectivity index (χ3n) is 4.52. The Hall–Kier alpha value is -2.20. The van der Waals surface area contributed by atoms with E-state index >= 15 is 0 Å². The Morgan fingerprint density at radius 1 is 1.12 bits per heavy atom. The average Bonchev–Trinajstić information content (AvgIpc) is 3.14. The van der Waals surface area contributed by atoms with Gasteiger partial charge in [-0.15, -0.1) is 11.3 Å². The molecule has 0 bridgehead atoms. The first kappa shape index (κ1) is 15.3. The largest absolute Gasteiger partial charge is 0.294 e. The zero-order chi connectivity index (χ0) is 16.7. The maximum Gasteiger partial charge on any atom is 0.167 e. The lowest BCUT2D eigenvalue weighted by Crippen LogP contribution is -2.26. The standard InChI is InChI=1S/C20H20N2OS/c1-20(2)11-15-18(16(23)12-20)19(17-9-6-10-24-17)22(21-15)13-14-7-4-3-5-8-14/h3-10H,11-13H2,1-2H3. The molecule has 4 heteroatoms. The highest BCUT2D eigenvalue weighted by atomic mass is 32.1. The molecule has 0 fully saturated rings. The van der Waals surface area contributed by atoms with Gasteiger partial charge >= 0.3 is 0 Å². The van der Waals surface area contributed by atoms with Gasteiger partial charge in [0.2, 0.25) is 0 Å². The topological polar surface area (TPSA) is 34.9 Å². The second kappa shape index (κ2) is 5.71. The normalized spacial score (nSPS) is 16.2. The maximum absolute atomic E-state index is 12.8. The molecule has 0 atom stereocenters. The third kappa shape index (κ3) is 2.71. The lowest BCUT2D eigenvalue weighted by atomic mass is 9.75. The molecular formula is C20H20N2OS. The second-order valence-corrected chi connectivity index (χ2v) is 8.18. The summed E-state index contributed by atoms with van der Waals surface area (Å²) in [6, 6.07) is 14.4. The molecule has 2 aromatic heterocycles. The van der Waals surface area contributed by atoms with Crippen LogP contribution in [-0.2, 0) is 13.0 Å². The van der Waals surface area contributed by atoms with Crippen LogP contribution >= 0.6 is 11.3 Å². The minimum absolute atomic E-state index is 0.0112. The lowest BCUT2D eigenvalue weighted by molar-refractivity contribution is 0.0912. The van der Waals surface area contributed by atoms with E-state index in [0.717, 1.165) is 28.2 Å². The number of fused-ring (bicyclic) bond motifs is 1. The van der Waals surface area contributed by atoms with Gasteiger partial charge in [-0.25, -0.2) is 0 Å². The smallest absolute Gasteiger partial charge is 0.167 e. The minimum atomic E-state index is -0.0112. The predicted octanol–water partition coefficient (Wildman–Crippen LogP) is 4.82. The van der Waals surface area contributed by atoms with Crippen molar-refractivity contribution in [3.05, 3.63) is 64.7 Å². The van der Waals surface area contributed by atoms with E-state index in [1.165, 1.54) is 5.56 Å². The molecule has 1 aliphatic rings. The van der Waals surface area contributed by atoms with E-state index in [1.807, 2.05) is 28.9 Å². The predicted molar refractivity (Wildman–Crippen MR) is 97.5 cm³/mol. The number of hydrogen-bond acceptors (Lipinski definition) is 3. The molecule has 0 radical (unpaired) electrons. The van der Waals surface area contributed by atoms with E-state index in [9.17, 15) is 4.79 Å². The number of carbonyl (C=O) groups is 1. The van der Waals surface area contributed by atoms with E-state index in [2.05, 4.69) is 37.4 Å². The Morgan fingerprint density at radius 3 is 2.62 bits per heavy atom. The maximum atomic E-state index is 12.8. The molecular weight excluding hydrogens is 316 g/mol. The van der Waals surface area contributed by atoms with Crippen molar-refractivity contribution in [3.8, 4) is 10.6 Å². The fourth-order valence-electron chi connectivity index (χ4n) is 3.50. The van der Waals surface area contributed by atoms with Crippen LogP contribution in [-0.4, -0.2) is 15.6 Å². The summed E-state index contributed by atoms with van der Waals surface area (Å²) in [4.78, 5) is 14.0. The summed E-state index contributed by atoms with van der Waals surface area (Å²) < 4.78 is 2.02. The van der Waals surface area contributed by atoms with Crippen LogP contribution in [0.5, 0.6) is 0 Å². The molecule has 0 saturated heterocycles. The van der Waals surface area contributed by atoms with Gasteiger partial charge in [-0.05, 0) is 28.8 Å². The Kier molecular flexibility index (Phi) is 3.65. The van der Waals surface area contributed by atoms with Gasteiger partial charge in [0, 0.05) is 6.42 Å². The van der Waals surface area contributed by atoms with Gasteiger partial charge in [-0.2, -0.15) is 5.10 Å². The molecule has 1 aromatic carbocycles. The molecule has 1 aliphatic carbocycles. The van der Waals surface area contributed by atoms with E-state index < -0.39 is 0 Å². The summed E-state index contributed by atoms with van der Waals surface area (Å²) in [6.45, 7) is 4.98. The highest BCUT2D eigenvalue weighted by Gasteiger charge is 2.36. The van der Waals surface area contributed by atoms with Gasteiger partial charge in [0.05, 0.1) is 28.4 Å². The van der Waals surface area contributed by atoms with Crippen molar-refractivity contribution in [1.82, 2.24) is 9.78 Å². The number of aromatic nitrogens is 2. The van der Waals surface area contributed by atoms with Crippen LogP contribution in [0, 0.1) is 5.41 Å².